The average molecular weight is 237 g/mol. The van der Waals surface area contributed by atoms with E-state index in [4.69, 9.17) is 0 Å². The number of methoxy groups -OCH3 is 1. The quantitative estimate of drug-likeness (QED) is 0.415. The van der Waals surface area contributed by atoms with E-state index in [0.29, 0.717) is 6.42 Å². The second kappa shape index (κ2) is 6.89. The largest absolute Gasteiger partial charge is 0.469 e. The van der Waals surface area contributed by atoms with E-state index >= 15 is 0 Å². The lowest BCUT2D eigenvalue weighted by Gasteiger charge is -2.06. The van der Waals surface area contributed by atoms with Gasteiger partial charge in [0.25, 0.3) is 0 Å². The van der Waals surface area contributed by atoms with Gasteiger partial charge in [0.2, 0.25) is 0 Å². The highest BCUT2D eigenvalue weighted by atomic mass is 16.5. The van der Waals surface area contributed by atoms with Crippen LogP contribution in [0.1, 0.15) is 43.1 Å². The van der Waals surface area contributed by atoms with Crippen LogP contribution in [0.3, 0.4) is 0 Å². The van der Waals surface area contributed by atoms with Crippen LogP contribution in [0.5, 0.6) is 0 Å². The normalized spacial score (nSPS) is 10.2. The maximum absolute atomic E-state index is 11.3. The SMILES string of the molecule is COC(=O)CCCCCn1cccc1C(C)=O. The van der Waals surface area contributed by atoms with Gasteiger partial charge in [0.15, 0.2) is 5.78 Å². The Morgan fingerprint density at radius 1 is 1.29 bits per heavy atom. The van der Waals surface area contributed by atoms with Gasteiger partial charge in [-0.3, -0.25) is 9.59 Å². The number of Topliss-reactive ketones (excluding diaryl/α,β-unsaturated/α-hetero) is 1. The molecule has 0 N–H and O–H groups in total. The monoisotopic (exact) mass is 237 g/mol. The molecule has 0 atom stereocenters. The fourth-order valence-electron chi connectivity index (χ4n) is 1.76. The first-order valence-electron chi connectivity index (χ1n) is 5.88. The summed E-state index contributed by atoms with van der Waals surface area (Å²) < 4.78 is 6.52. The van der Waals surface area contributed by atoms with Crippen LogP contribution in [0.4, 0.5) is 0 Å². The van der Waals surface area contributed by atoms with Crippen LogP contribution in [0, 0.1) is 0 Å². The summed E-state index contributed by atoms with van der Waals surface area (Å²) in [6, 6.07) is 3.71. The van der Waals surface area contributed by atoms with Gasteiger partial charge in [0.1, 0.15) is 0 Å². The highest BCUT2D eigenvalue weighted by molar-refractivity contribution is 5.92. The molecule has 0 aliphatic rings. The van der Waals surface area contributed by atoms with Gasteiger partial charge in [0.05, 0.1) is 12.8 Å². The number of rotatable bonds is 7. The number of aromatic nitrogens is 1. The minimum absolute atomic E-state index is 0.0876. The predicted octanol–water partition coefficient (Wildman–Crippen LogP) is 2.42. The molecule has 94 valence electrons. The van der Waals surface area contributed by atoms with Crippen molar-refractivity contribution in [2.24, 2.45) is 0 Å². The standard InChI is InChI=1S/C13H19NO3/c1-11(15)12-7-6-10-14(12)9-5-3-4-8-13(16)17-2/h6-7,10H,3-5,8-9H2,1-2H3. The lowest BCUT2D eigenvalue weighted by Crippen LogP contribution is -2.06. The van der Waals surface area contributed by atoms with Crippen molar-refractivity contribution in [3.63, 3.8) is 0 Å². The van der Waals surface area contributed by atoms with Crippen molar-refractivity contribution in [1.82, 2.24) is 4.57 Å². The molecule has 0 aromatic carbocycles. The fraction of sp³-hybridized carbons (Fsp3) is 0.538. The maximum atomic E-state index is 11.3. The molecule has 1 heterocycles. The minimum atomic E-state index is -0.157. The van der Waals surface area contributed by atoms with E-state index < -0.39 is 0 Å². The Bertz CT molecular complexity index is 382. The number of carbonyl (C=O) groups excluding carboxylic acids is 2. The zero-order valence-corrected chi connectivity index (χ0v) is 10.4. The summed E-state index contributed by atoms with van der Waals surface area (Å²) in [5.74, 6) is -0.0695. The van der Waals surface area contributed by atoms with E-state index in [1.807, 2.05) is 22.9 Å². The number of aryl methyl sites for hydroxylation is 1. The second-order valence-electron chi connectivity index (χ2n) is 4.03. The first-order chi connectivity index (χ1) is 8.15. The molecule has 0 saturated carbocycles. The molecule has 0 spiro atoms. The van der Waals surface area contributed by atoms with E-state index in [9.17, 15) is 9.59 Å². The van der Waals surface area contributed by atoms with Crippen LogP contribution in [-0.2, 0) is 16.1 Å². The molecule has 0 fully saturated rings. The first kappa shape index (κ1) is 13.5. The number of hydrogen-bond acceptors (Lipinski definition) is 3. The fourth-order valence-corrected chi connectivity index (χ4v) is 1.76. The third-order valence-electron chi connectivity index (χ3n) is 2.70. The Balaban J connectivity index is 2.24. The Morgan fingerprint density at radius 2 is 2.06 bits per heavy atom. The van der Waals surface area contributed by atoms with Crippen LogP contribution in [-0.4, -0.2) is 23.4 Å². The second-order valence-corrected chi connectivity index (χ2v) is 4.03. The lowest BCUT2D eigenvalue weighted by atomic mass is 10.2. The van der Waals surface area contributed by atoms with Crippen molar-refractivity contribution >= 4 is 11.8 Å². The summed E-state index contributed by atoms with van der Waals surface area (Å²) in [5, 5.41) is 0. The van der Waals surface area contributed by atoms with Gasteiger partial charge in [-0.2, -0.15) is 0 Å². The summed E-state index contributed by atoms with van der Waals surface area (Å²) in [5.41, 5.74) is 0.748. The molecule has 0 bridgehead atoms. The Hall–Kier alpha value is -1.58. The molecule has 1 aromatic heterocycles. The van der Waals surface area contributed by atoms with Crippen LogP contribution in [0.2, 0.25) is 0 Å². The van der Waals surface area contributed by atoms with Gasteiger partial charge >= 0.3 is 5.97 Å². The molecule has 4 heteroatoms. The predicted molar refractivity (Wildman–Crippen MR) is 64.9 cm³/mol. The van der Waals surface area contributed by atoms with Crippen LogP contribution in [0.25, 0.3) is 0 Å². The summed E-state index contributed by atoms with van der Waals surface area (Å²) >= 11 is 0. The topological polar surface area (TPSA) is 48.3 Å². The Labute approximate surface area is 102 Å². The molecule has 0 unspecified atom stereocenters. The van der Waals surface area contributed by atoms with E-state index in [0.717, 1.165) is 31.5 Å². The molecule has 0 saturated heterocycles. The van der Waals surface area contributed by atoms with Gasteiger partial charge in [-0.05, 0) is 25.0 Å². The number of ether oxygens (including phenoxy) is 1. The molecule has 4 nitrogen and oxygen atoms in total. The molecule has 0 radical (unpaired) electrons. The third kappa shape index (κ3) is 4.43. The Morgan fingerprint density at radius 3 is 2.71 bits per heavy atom. The third-order valence-corrected chi connectivity index (χ3v) is 2.70. The molecule has 0 aliphatic carbocycles. The van der Waals surface area contributed by atoms with Gasteiger partial charge in [-0.15, -0.1) is 0 Å². The average Bonchev–Trinajstić information content (AvgIpc) is 2.76. The van der Waals surface area contributed by atoms with E-state index in [2.05, 4.69) is 4.74 Å². The Kier molecular flexibility index (Phi) is 5.46. The van der Waals surface area contributed by atoms with Crippen molar-refractivity contribution in [2.75, 3.05) is 7.11 Å². The molecule has 0 amide bonds. The van der Waals surface area contributed by atoms with Crippen molar-refractivity contribution < 1.29 is 14.3 Å². The number of hydrogen-bond donors (Lipinski definition) is 0. The van der Waals surface area contributed by atoms with Crippen LogP contribution in [0.15, 0.2) is 18.3 Å². The van der Waals surface area contributed by atoms with Gasteiger partial charge in [-0.25, -0.2) is 0 Å². The zero-order chi connectivity index (χ0) is 12.7. The van der Waals surface area contributed by atoms with Crippen molar-refractivity contribution in [2.45, 2.75) is 39.2 Å². The van der Waals surface area contributed by atoms with Gasteiger partial charge in [-0.1, -0.05) is 6.42 Å². The molecular formula is C13H19NO3. The maximum Gasteiger partial charge on any atom is 0.305 e. The van der Waals surface area contributed by atoms with E-state index in [1.54, 1.807) is 6.92 Å². The zero-order valence-electron chi connectivity index (χ0n) is 10.4. The molecule has 1 aromatic rings. The highest BCUT2D eigenvalue weighted by Crippen LogP contribution is 2.08. The van der Waals surface area contributed by atoms with Crippen molar-refractivity contribution in [3.05, 3.63) is 24.0 Å². The van der Waals surface area contributed by atoms with Crippen LogP contribution < -0.4 is 0 Å². The smallest absolute Gasteiger partial charge is 0.305 e. The first-order valence-corrected chi connectivity index (χ1v) is 5.88. The number of carbonyl (C=O) groups is 2. The van der Waals surface area contributed by atoms with Gasteiger partial charge < -0.3 is 9.30 Å². The summed E-state index contributed by atoms with van der Waals surface area (Å²) in [4.78, 5) is 22.1. The number of unbranched alkanes of at least 4 members (excludes halogenated alkanes) is 2. The number of esters is 1. The van der Waals surface area contributed by atoms with E-state index in [-0.39, 0.29) is 11.8 Å². The lowest BCUT2D eigenvalue weighted by molar-refractivity contribution is -0.140. The minimum Gasteiger partial charge on any atom is -0.469 e. The molecule has 17 heavy (non-hydrogen) atoms. The molecule has 0 aliphatic heterocycles. The van der Waals surface area contributed by atoms with Crippen LogP contribution >= 0.6 is 0 Å². The summed E-state index contributed by atoms with van der Waals surface area (Å²) in [6.45, 7) is 2.40. The van der Waals surface area contributed by atoms with Gasteiger partial charge in [0, 0.05) is 26.1 Å². The summed E-state index contributed by atoms with van der Waals surface area (Å²) in [7, 11) is 1.40. The van der Waals surface area contributed by atoms with Crippen molar-refractivity contribution in [3.8, 4) is 0 Å². The summed E-state index contributed by atoms with van der Waals surface area (Å²) in [6.07, 6.45) is 5.15. The highest BCUT2D eigenvalue weighted by Gasteiger charge is 2.05. The van der Waals surface area contributed by atoms with E-state index in [1.165, 1.54) is 7.11 Å². The number of nitrogens with zero attached hydrogens (tertiary/aromatic N) is 1. The van der Waals surface area contributed by atoms with Crippen molar-refractivity contribution in [1.29, 1.82) is 0 Å². The molecule has 1 rings (SSSR count). The molecular weight excluding hydrogens is 218 g/mol. The number of ketones is 1.